The van der Waals surface area contributed by atoms with Crippen molar-refractivity contribution in [3.8, 4) is 5.75 Å². The maximum Gasteiger partial charge on any atom is 0.118 e. The van der Waals surface area contributed by atoms with E-state index in [1.165, 1.54) is 37.7 Å². The Kier molecular flexibility index (Phi) is 3.52. The van der Waals surface area contributed by atoms with Crippen LogP contribution in [-0.4, -0.2) is 5.11 Å². The van der Waals surface area contributed by atoms with Gasteiger partial charge in [-0.3, -0.25) is 0 Å². The third-order valence-corrected chi connectivity index (χ3v) is 3.89. The first-order valence-electron chi connectivity index (χ1n) is 6.50. The fourth-order valence-corrected chi connectivity index (χ4v) is 2.67. The third kappa shape index (κ3) is 2.40. The van der Waals surface area contributed by atoms with E-state index in [1.807, 2.05) is 13.0 Å². The van der Waals surface area contributed by atoms with E-state index in [0.29, 0.717) is 5.75 Å². The third-order valence-electron chi connectivity index (χ3n) is 3.89. The normalized spacial score (nSPS) is 24.1. The van der Waals surface area contributed by atoms with Crippen molar-refractivity contribution in [3.63, 3.8) is 0 Å². The van der Waals surface area contributed by atoms with Crippen molar-refractivity contribution in [2.24, 2.45) is 5.92 Å². The molecule has 1 N–H and O–H groups in total. The minimum Gasteiger partial charge on any atom is -0.508 e. The molecule has 2 rings (SSSR count). The average Bonchev–Trinajstić information content (AvgIpc) is 2.21. The van der Waals surface area contributed by atoms with Gasteiger partial charge in [-0.2, -0.15) is 0 Å². The van der Waals surface area contributed by atoms with E-state index in [1.54, 1.807) is 0 Å². The van der Waals surface area contributed by atoms with Crippen molar-refractivity contribution in [3.05, 3.63) is 29.3 Å². The molecule has 0 spiro atoms. The van der Waals surface area contributed by atoms with Crippen LogP contribution in [0.3, 0.4) is 0 Å². The van der Waals surface area contributed by atoms with Crippen LogP contribution < -0.4 is 0 Å². The molecule has 16 heavy (non-hydrogen) atoms. The van der Waals surface area contributed by atoms with Gasteiger partial charge < -0.3 is 5.11 Å². The minimum atomic E-state index is 0.422. The number of hydrogen-bond donors (Lipinski definition) is 1. The molecule has 0 atom stereocenters. The van der Waals surface area contributed by atoms with Crippen LogP contribution in [0.25, 0.3) is 0 Å². The molecule has 1 aromatic rings. The van der Waals surface area contributed by atoms with Gasteiger partial charge in [0, 0.05) is 0 Å². The molecule has 0 saturated heterocycles. The first kappa shape index (κ1) is 11.5. The Morgan fingerprint density at radius 2 is 2.06 bits per heavy atom. The number of aromatic hydroxyl groups is 1. The van der Waals surface area contributed by atoms with Crippen molar-refractivity contribution >= 4 is 0 Å². The molecule has 1 fully saturated rings. The summed E-state index contributed by atoms with van der Waals surface area (Å²) in [7, 11) is 0. The smallest absolute Gasteiger partial charge is 0.118 e. The molecule has 88 valence electrons. The summed E-state index contributed by atoms with van der Waals surface area (Å²) in [4.78, 5) is 0. The topological polar surface area (TPSA) is 20.2 Å². The fourth-order valence-electron chi connectivity index (χ4n) is 2.67. The number of phenolic OH excluding ortho intramolecular Hbond substituents is 1. The molecule has 0 aliphatic heterocycles. The van der Waals surface area contributed by atoms with Gasteiger partial charge in [-0.05, 0) is 48.8 Å². The molecule has 0 bridgehead atoms. The molecule has 0 heterocycles. The van der Waals surface area contributed by atoms with Crippen LogP contribution in [-0.2, 0) is 0 Å². The highest BCUT2D eigenvalue weighted by Crippen LogP contribution is 2.44. The Labute approximate surface area is 98.5 Å². The lowest BCUT2D eigenvalue weighted by atomic mass is 9.69. The van der Waals surface area contributed by atoms with E-state index in [4.69, 9.17) is 0 Å². The lowest BCUT2D eigenvalue weighted by Gasteiger charge is -2.36. The van der Waals surface area contributed by atoms with Crippen LogP contribution in [0.1, 0.15) is 56.1 Å². The fraction of sp³-hybridized carbons (Fsp3) is 0.600. The van der Waals surface area contributed by atoms with Gasteiger partial charge in [0.25, 0.3) is 0 Å². The maximum atomic E-state index is 9.48. The Balaban J connectivity index is 1.89. The van der Waals surface area contributed by atoms with Gasteiger partial charge in [0.1, 0.15) is 5.75 Å². The second-order valence-electron chi connectivity index (χ2n) is 5.22. The standard InChI is InChI=1S/C15H22O/c1-3-4-5-12-9-14(10-12)13-6-7-15(16)11(2)8-13/h6-8,12,14,16H,3-5,9-10H2,1-2H3. The van der Waals surface area contributed by atoms with Gasteiger partial charge in [0.05, 0.1) is 0 Å². The minimum absolute atomic E-state index is 0.422. The van der Waals surface area contributed by atoms with E-state index in [0.717, 1.165) is 17.4 Å². The van der Waals surface area contributed by atoms with Crippen molar-refractivity contribution in [2.75, 3.05) is 0 Å². The number of unbranched alkanes of at least 4 members (excludes halogenated alkanes) is 1. The molecular weight excluding hydrogens is 196 g/mol. The molecule has 1 heteroatoms. The maximum absolute atomic E-state index is 9.48. The average molecular weight is 218 g/mol. The molecule has 1 aliphatic carbocycles. The molecular formula is C15H22O. The molecule has 1 aliphatic rings. The lowest BCUT2D eigenvalue weighted by molar-refractivity contribution is 0.242. The van der Waals surface area contributed by atoms with Gasteiger partial charge in [0.15, 0.2) is 0 Å². The highest BCUT2D eigenvalue weighted by molar-refractivity contribution is 5.37. The molecule has 1 aromatic carbocycles. The summed E-state index contributed by atoms with van der Waals surface area (Å²) in [6.45, 7) is 4.24. The van der Waals surface area contributed by atoms with E-state index in [2.05, 4.69) is 19.1 Å². The summed E-state index contributed by atoms with van der Waals surface area (Å²) < 4.78 is 0. The van der Waals surface area contributed by atoms with E-state index in [-0.39, 0.29) is 0 Å². The van der Waals surface area contributed by atoms with Gasteiger partial charge in [-0.15, -0.1) is 0 Å². The molecule has 1 nitrogen and oxygen atoms in total. The first-order chi connectivity index (χ1) is 7.70. The monoisotopic (exact) mass is 218 g/mol. The van der Waals surface area contributed by atoms with Gasteiger partial charge >= 0.3 is 0 Å². The van der Waals surface area contributed by atoms with Gasteiger partial charge in [0.2, 0.25) is 0 Å². The highest BCUT2D eigenvalue weighted by Gasteiger charge is 2.29. The number of aryl methyl sites for hydroxylation is 1. The van der Waals surface area contributed by atoms with E-state index in [9.17, 15) is 5.11 Å². The zero-order valence-corrected chi connectivity index (χ0v) is 10.4. The largest absolute Gasteiger partial charge is 0.508 e. The summed E-state index contributed by atoms with van der Waals surface area (Å²) in [5, 5.41) is 9.48. The van der Waals surface area contributed by atoms with Crippen LogP contribution in [0.2, 0.25) is 0 Å². The van der Waals surface area contributed by atoms with Crippen molar-refractivity contribution in [2.45, 2.75) is 51.9 Å². The Bertz CT molecular complexity index is 350. The summed E-state index contributed by atoms with van der Waals surface area (Å²) >= 11 is 0. The van der Waals surface area contributed by atoms with E-state index >= 15 is 0 Å². The molecule has 0 aromatic heterocycles. The Hall–Kier alpha value is -0.980. The second kappa shape index (κ2) is 4.90. The van der Waals surface area contributed by atoms with Crippen LogP contribution in [0.5, 0.6) is 5.75 Å². The lowest BCUT2D eigenvalue weighted by Crippen LogP contribution is -2.21. The Morgan fingerprint density at radius 3 is 2.69 bits per heavy atom. The first-order valence-corrected chi connectivity index (χ1v) is 6.50. The molecule has 0 amide bonds. The number of rotatable bonds is 4. The zero-order valence-electron chi connectivity index (χ0n) is 10.4. The predicted molar refractivity (Wildman–Crippen MR) is 67.8 cm³/mol. The van der Waals surface area contributed by atoms with Crippen molar-refractivity contribution < 1.29 is 5.11 Å². The van der Waals surface area contributed by atoms with Crippen molar-refractivity contribution in [1.29, 1.82) is 0 Å². The zero-order chi connectivity index (χ0) is 11.5. The van der Waals surface area contributed by atoms with Crippen molar-refractivity contribution in [1.82, 2.24) is 0 Å². The summed E-state index contributed by atoms with van der Waals surface area (Å²) in [6, 6.07) is 6.07. The van der Waals surface area contributed by atoms with Crippen LogP contribution in [0, 0.1) is 12.8 Å². The van der Waals surface area contributed by atoms with Crippen LogP contribution >= 0.6 is 0 Å². The Morgan fingerprint density at radius 1 is 1.31 bits per heavy atom. The number of benzene rings is 1. The van der Waals surface area contributed by atoms with E-state index < -0.39 is 0 Å². The second-order valence-corrected chi connectivity index (χ2v) is 5.22. The van der Waals surface area contributed by atoms with Gasteiger partial charge in [-0.25, -0.2) is 0 Å². The molecule has 0 radical (unpaired) electrons. The van der Waals surface area contributed by atoms with Crippen LogP contribution in [0.4, 0.5) is 0 Å². The predicted octanol–water partition coefficient (Wildman–Crippen LogP) is 4.38. The molecule has 1 saturated carbocycles. The summed E-state index contributed by atoms with van der Waals surface area (Å²) in [6.07, 6.45) is 6.81. The number of hydrogen-bond acceptors (Lipinski definition) is 1. The quantitative estimate of drug-likeness (QED) is 0.795. The highest BCUT2D eigenvalue weighted by atomic mass is 16.3. The number of phenols is 1. The SMILES string of the molecule is CCCCC1CC(c2ccc(O)c(C)c2)C1. The van der Waals surface area contributed by atoms with Gasteiger partial charge in [-0.1, -0.05) is 38.3 Å². The van der Waals surface area contributed by atoms with Crippen LogP contribution in [0.15, 0.2) is 18.2 Å². The summed E-state index contributed by atoms with van der Waals surface area (Å²) in [5.74, 6) is 2.13. The summed E-state index contributed by atoms with van der Waals surface area (Å²) in [5.41, 5.74) is 2.43. The molecule has 0 unspecified atom stereocenters.